The molecule has 2 aromatic rings. The van der Waals surface area contributed by atoms with Crippen LogP contribution in [0, 0.1) is 0 Å². The molecule has 2 aliphatic heterocycles. The van der Waals surface area contributed by atoms with Gasteiger partial charge in [0.2, 0.25) is 0 Å². The van der Waals surface area contributed by atoms with Gasteiger partial charge in [-0.15, -0.1) is 0 Å². The molecule has 2 fully saturated rings. The lowest BCUT2D eigenvalue weighted by molar-refractivity contribution is 0.0933. The number of amides is 1. The molecule has 1 aliphatic carbocycles. The van der Waals surface area contributed by atoms with E-state index in [0.29, 0.717) is 0 Å². The van der Waals surface area contributed by atoms with Crippen LogP contribution in [0.25, 0.3) is 0 Å². The fourth-order valence-electron chi connectivity index (χ4n) is 5.77. The molecule has 0 saturated carbocycles. The van der Waals surface area contributed by atoms with E-state index in [1.807, 2.05) is 12.1 Å². The summed E-state index contributed by atoms with van der Waals surface area (Å²) in [6.45, 7) is 6.63. The highest BCUT2D eigenvalue weighted by molar-refractivity contribution is 5.94. The third kappa shape index (κ3) is 4.41. The van der Waals surface area contributed by atoms with E-state index in [2.05, 4.69) is 52.9 Å². The number of likely N-dealkylation sites (N-methyl/N-ethyl adjacent to an activating group) is 1. The van der Waals surface area contributed by atoms with E-state index in [1.165, 1.54) is 41.8 Å². The van der Waals surface area contributed by atoms with Gasteiger partial charge in [0.05, 0.1) is 20.1 Å². The lowest BCUT2D eigenvalue weighted by Crippen LogP contribution is -2.57. The molecular formula is C27H37N4O+. The van der Waals surface area contributed by atoms with Crippen molar-refractivity contribution >= 4 is 17.3 Å². The highest BCUT2D eigenvalue weighted by atomic mass is 16.1. The SMILES string of the molecule is C[N+]1(c2cccc3c2C[C@H](NC(=O)c2ccc(N4CCCCC4)cc2)CC3)CCNCC1. The Hall–Kier alpha value is -2.37. The number of piperazine rings is 1. The Balaban J connectivity index is 1.27. The van der Waals surface area contributed by atoms with Crippen LogP contribution in [0.5, 0.6) is 0 Å². The predicted octanol–water partition coefficient (Wildman–Crippen LogP) is 3.50. The van der Waals surface area contributed by atoms with Gasteiger partial charge in [-0.05, 0) is 74.4 Å². The molecule has 2 N–H and O–H groups in total. The molecule has 32 heavy (non-hydrogen) atoms. The Morgan fingerprint density at radius 2 is 1.78 bits per heavy atom. The number of nitrogens with one attached hydrogen (secondary N) is 2. The van der Waals surface area contributed by atoms with Crippen LogP contribution in [0.15, 0.2) is 42.5 Å². The summed E-state index contributed by atoms with van der Waals surface area (Å²) >= 11 is 0. The molecule has 5 nitrogen and oxygen atoms in total. The Kier molecular flexibility index (Phi) is 6.20. The zero-order valence-electron chi connectivity index (χ0n) is 19.4. The summed E-state index contributed by atoms with van der Waals surface area (Å²) in [6, 6.07) is 15.2. The van der Waals surface area contributed by atoms with Crippen molar-refractivity contribution in [1.29, 1.82) is 0 Å². The van der Waals surface area contributed by atoms with Crippen molar-refractivity contribution < 1.29 is 4.79 Å². The number of nitrogens with zero attached hydrogens (tertiary/aromatic N) is 2. The standard InChI is InChI=1S/C27H36N4O/c1-31(18-14-28-15-19-31)26-7-5-6-21-8-11-23(20-25(21)26)29-27(32)22-9-12-24(13-10-22)30-16-3-2-4-17-30/h5-7,9-10,12-13,23,28H,2-4,8,11,14-20H2,1H3/p+1/t23-/m1/s1. The van der Waals surface area contributed by atoms with Crippen molar-refractivity contribution in [2.45, 2.75) is 44.6 Å². The number of hydrogen-bond donors (Lipinski definition) is 2. The number of rotatable bonds is 4. The molecule has 5 rings (SSSR count). The van der Waals surface area contributed by atoms with E-state index in [4.69, 9.17) is 0 Å². The number of benzene rings is 2. The zero-order valence-corrected chi connectivity index (χ0v) is 19.4. The molecule has 0 bridgehead atoms. The summed E-state index contributed by atoms with van der Waals surface area (Å²) in [5, 5.41) is 6.84. The third-order valence-corrected chi connectivity index (χ3v) is 7.79. The zero-order chi connectivity index (χ0) is 22.0. The number of piperidine rings is 1. The van der Waals surface area contributed by atoms with Crippen molar-refractivity contribution in [3.63, 3.8) is 0 Å². The number of aryl methyl sites for hydroxylation is 1. The number of quaternary nitrogens is 1. The van der Waals surface area contributed by atoms with Crippen molar-refractivity contribution in [2.75, 3.05) is 51.2 Å². The lowest BCUT2D eigenvalue weighted by atomic mass is 9.86. The maximum Gasteiger partial charge on any atom is 0.251 e. The van der Waals surface area contributed by atoms with E-state index in [1.54, 1.807) is 0 Å². The minimum atomic E-state index is 0.0590. The van der Waals surface area contributed by atoms with Crippen LogP contribution in [-0.2, 0) is 12.8 Å². The predicted molar refractivity (Wildman–Crippen MR) is 133 cm³/mol. The molecule has 2 aromatic carbocycles. The molecule has 0 spiro atoms. The lowest BCUT2D eigenvalue weighted by Gasteiger charge is -2.40. The van der Waals surface area contributed by atoms with Crippen LogP contribution in [-0.4, -0.2) is 58.3 Å². The van der Waals surface area contributed by atoms with Gasteiger partial charge in [0.25, 0.3) is 5.91 Å². The van der Waals surface area contributed by atoms with Gasteiger partial charge >= 0.3 is 0 Å². The molecule has 0 aromatic heterocycles. The van der Waals surface area contributed by atoms with Crippen LogP contribution in [0.3, 0.4) is 0 Å². The Morgan fingerprint density at radius 3 is 2.53 bits per heavy atom. The summed E-state index contributed by atoms with van der Waals surface area (Å²) in [4.78, 5) is 15.5. The van der Waals surface area contributed by atoms with Crippen molar-refractivity contribution in [1.82, 2.24) is 15.1 Å². The smallest absolute Gasteiger partial charge is 0.251 e. The molecule has 1 amide bonds. The first-order valence-electron chi connectivity index (χ1n) is 12.4. The molecule has 0 unspecified atom stereocenters. The maximum atomic E-state index is 13.0. The highest BCUT2D eigenvalue weighted by Gasteiger charge is 2.33. The Morgan fingerprint density at radius 1 is 1.03 bits per heavy atom. The summed E-state index contributed by atoms with van der Waals surface area (Å²) in [7, 11) is 2.36. The topological polar surface area (TPSA) is 44.4 Å². The van der Waals surface area contributed by atoms with E-state index in [9.17, 15) is 4.79 Å². The van der Waals surface area contributed by atoms with Gasteiger partial charge in [0.1, 0.15) is 5.69 Å². The van der Waals surface area contributed by atoms with Crippen LogP contribution >= 0.6 is 0 Å². The first-order valence-corrected chi connectivity index (χ1v) is 12.4. The van der Waals surface area contributed by atoms with Gasteiger partial charge in [0, 0.05) is 49.0 Å². The summed E-state index contributed by atoms with van der Waals surface area (Å²) in [5.41, 5.74) is 6.40. The normalized spacial score (nSPS) is 22.8. The van der Waals surface area contributed by atoms with E-state index >= 15 is 0 Å². The minimum absolute atomic E-state index is 0.0590. The second-order valence-corrected chi connectivity index (χ2v) is 10.0. The van der Waals surface area contributed by atoms with Crippen LogP contribution < -0.4 is 20.0 Å². The molecule has 3 aliphatic rings. The summed E-state index contributed by atoms with van der Waals surface area (Å²) in [5.74, 6) is 0.0590. The van der Waals surface area contributed by atoms with E-state index in [0.717, 1.165) is 68.6 Å². The molecule has 2 heterocycles. The van der Waals surface area contributed by atoms with Crippen LogP contribution in [0.1, 0.15) is 47.2 Å². The van der Waals surface area contributed by atoms with Gasteiger partial charge in [0.15, 0.2) is 0 Å². The fourth-order valence-corrected chi connectivity index (χ4v) is 5.77. The van der Waals surface area contributed by atoms with Crippen molar-refractivity contribution in [2.24, 2.45) is 0 Å². The molecule has 170 valence electrons. The second-order valence-electron chi connectivity index (χ2n) is 10.0. The average Bonchev–Trinajstić information content (AvgIpc) is 2.85. The first kappa shape index (κ1) is 21.5. The summed E-state index contributed by atoms with van der Waals surface area (Å²) < 4.78 is 0.995. The van der Waals surface area contributed by atoms with Crippen molar-refractivity contribution in [3.8, 4) is 0 Å². The minimum Gasteiger partial charge on any atom is -0.372 e. The highest BCUT2D eigenvalue weighted by Crippen LogP contribution is 2.34. The van der Waals surface area contributed by atoms with Crippen molar-refractivity contribution in [3.05, 3.63) is 59.2 Å². The van der Waals surface area contributed by atoms with Gasteiger partial charge in [-0.25, -0.2) is 0 Å². The number of fused-ring (bicyclic) bond motifs is 1. The Labute approximate surface area is 192 Å². The van der Waals surface area contributed by atoms with E-state index in [-0.39, 0.29) is 11.9 Å². The largest absolute Gasteiger partial charge is 0.372 e. The van der Waals surface area contributed by atoms with Gasteiger partial charge < -0.3 is 15.5 Å². The average molecular weight is 434 g/mol. The first-order chi connectivity index (χ1) is 15.6. The van der Waals surface area contributed by atoms with Crippen LogP contribution in [0.4, 0.5) is 11.4 Å². The molecule has 5 heteroatoms. The molecule has 2 saturated heterocycles. The summed E-state index contributed by atoms with van der Waals surface area (Å²) in [6.07, 6.45) is 6.85. The van der Waals surface area contributed by atoms with Gasteiger partial charge in [-0.3, -0.25) is 9.28 Å². The van der Waals surface area contributed by atoms with Gasteiger partial charge in [-0.1, -0.05) is 12.1 Å². The number of carbonyl (C=O) groups is 1. The van der Waals surface area contributed by atoms with Crippen LogP contribution in [0.2, 0.25) is 0 Å². The maximum absolute atomic E-state index is 13.0. The quantitative estimate of drug-likeness (QED) is 0.726. The fraction of sp³-hybridized carbons (Fsp3) is 0.519. The van der Waals surface area contributed by atoms with E-state index < -0.39 is 0 Å². The number of carbonyl (C=O) groups excluding carboxylic acids is 1. The Bertz CT molecular complexity index is 943. The second kappa shape index (κ2) is 9.24. The number of anilines is 1. The monoisotopic (exact) mass is 433 g/mol. The molecule has 0 radical (unpaired) electrons. The third-order valence-electron chi connectivity index (χ3n) is 7.79. The molecular weight excluding hydrogens is 396 g/mol. The number of hydrogen-bond acceptors (Lipinski definition) is 3. The van der Waals surface area contributed by atoms with Gasteiger partial charge in [-0.2, -0.15) is 0 Å². The molecule has 1 atom stereocenters.